The van der Waals surface area contributed by atoms with Crippen LogP contribution in [-0.2, 0) is 11.2 Å². The normalized spacial score (nSPS) is 20.1. The van der Waals surface area contributed by atoms with Gasteiger partial charge in [0, 0.05) is 31.2 Å². The van der Waals surface area contributed by atoms with Gasteiger partial charge in [-0.25, -0.2) is 4.98 Å². The molecule has 1 aromatic heterocycles. The highest BCUT2D eigenvalue weighted by Crippen LogP contribution is 2.55. The second kappa shape index (κ2) is 8.56. The number of benzene rings is 3. The Morgan fingerprint density at radius 3 is 2.29 bits per heavy atom. The standard InChI is InChI=1S/C29H27N3O2/c33-27(15-7-14-26-31-25-13-6-5-12-23(25)29(34)32-26)30-17-18-16-24-19-8-1-3-10-21(19)28(18)22-11-4-2-9-20(22)24/h1-6,8-13,18,24,28H,7,14-17H2,(H,30,33)(H,31,32,34). The molecule has 0 aliphatic heterocycles. The molecule has 4 aromatic rings. The van der Waals surface area contributed by atoms with Gasteiger partial charge in [0.15, 0.2) is 0 Å². The number of aromatic nitrogens is 2. The van der Waals surface area contributed by atoms with Crippen LogP contribution in [-0.4, -0.2) is 22.4 Å². The van der Waals surface area contributed by atoms with Crippen molar-refractivity contribution in [3.63, 3.8) is 0 Å². The molecule has 0 fully saturated rings. The summed E-state index contributed by atoms with van der Waals surface area (Å²) in [4.78, 5) is 32.3. The van der Waals surface area contributed by atoms with E-state index >= 15 is 0 Å². The van der Waals surface area contributed by atoms with Crippen molar-refractivity contribution in [1.29, 1.82) is 0 Å². The Labute approximate surface area is 198 Å². The van der Waals surface area contributed by atoms with Crippen molar-refractivity contribution in [2.24, 2.45) is 5.92 Å². The number of H-pyrrole nitrogens is 1. The first-order valence-electron chi connectivity index (χ1n) is 12.1. The predicted octanol–water partition coefficient (Wildman–Crippen LogP) is 4.66. The van der Waals surface area contributed by atoms with Gasteiger partial charge in [0.05, 0.1) is 10.9 Å². The van der Waals surface area contributed by atoms with Gasteiger partial charge in [-0.1, -0.05) is 60.7 Å². The molecule has 5 nitrogen and oxygen atoms in total. The minimum atomic E-state index is -0.127. The first kappa shape index (κ1) is 20.8. The molecule has 3 aliphatic rings. The Morgan fingerprint density at radius 2 is 1.56 bits per heavy atom. The fourth-order valence-electron chi connectivity index (χ4n) is 5.96. The molecule has 0 saturated heterocycles. The number of nitrogens with one attached hydrogen (secondary N) is 2. The molecule has 170 valence electrons. The lowest BCUT2D eigenvalue weighted by Crippen LogP contribution is -2.39. The monoisotopic (exact) mass is 449 g/mol. The van der Waals surface area contributed by atoms with Gasteiger partial charge in [0.25, 0.3) is 5.56 Å². The smallest absolute Gasteiger partial charge is 0.258 e. The van der Waals surface area contributed by atoms with Crippen LogP contribution in [0, 0.1) is 5.92 Å². The van der Waals surface area contributed by atoms with E-state index in [0.29, 0.717) is 60.3 Å². The Kier molecular flexibility index (Phi) is 5.25. The number of aryl methyl sites for hydroxylation is 1. The maximum Gasteiger partial charge on any atom is 0.258 e. The number of aromatic amines is 1. The fourth-order valence-corrected chi connectivity index (χ4v) is 5.96. The zero-order valence-corrected chi connectivity index (χ0v) is 19.0. The Hall–Kier alpha value is -3.73. The van der Waals surface area contributed by atoms with Crippen molar-refractivity contribution in [1.82, 2.24) is 15.3 Å². The number of fused-ring (bicyclic) bond motifs is 2. The summed E-state index contributed by atoms with van der Waals surface area (Å²) in [5.74, 6) is 1.84. The minimum absolute atomic E-state index is 0.0613. The van der Waals surface area contributed by atoms with E-state index < -0.39 is 0 Å². The average molecular weight is 450 g/mol. The highest BCUT2D eigenvalue weighted by molar-refractivity contribution is 5.77. The third kappa shape index (κ3) is 3.61. The van der Waals surface area contributed by atoms with E-state index in [-0.39, 0.29) is 11.5 Å². The number of amides is 1. The van der Waals surface area contributed by atoms with Crippen LogP contribution in [0.25, 0.3) is 10.9 Å². The molecule has 0 saturated carbocycles. The van der Waals surface area contributed by atoms with Crippen LogP contribution in [0.15, 0.2) is 77.6 Å². The molecule has 1 heterocycles. The van der Waals surface area contributed by atoms with E-state index in [4.69, 9.17) is 0 Å². The van der Waals surface area contributed by atoms with Crippen molar-refractivity contribution >= 4 is 16.8 Å². The van der Waals surface area contributed by atoms with E-state index in [9.17, 15) is 9.59 Å². The number of hydrogen-bond acceptors (Lipinski definition) is 3. The number of nitrogens with zero attached hydrogens (tertiary/aromatic N) is 1. The molecule has 3 aliphatic carbocycles. The van der Waals surface area contributed by atoms with Crippen LogP contribution in [0.3, 0.4) is 0 Å². The first-order chi connectivity index (χ1) is 16.7. The Balaban J connectivity index is 1.09. The van der Waals surface area contributed by atoms with Crippen LogP contribution in [0.1, 0.15) is 59.2 Å². The third-order valence-electron chi connectivity index (χ3n) is 7.46. The van der Waals surface area contributed by atoms with E-state index in [0.717, 1.165) is 6.42 Å². The van der Waals surface area contributed by atoms with Crippen LogP contribution in [0.4, 0.5) is 0 Å². The van der Waals surface area contributed by atoms with Crippen molar-refractivity contribution in [2.45, 2.75) is 37.5 Å². The van der Waals surface area contributed by atoms with E-state index in [1.807, 2.05) is 18.2 Å². The minimum Gasteiger partial charge on any atom is -0.356 e. The second-order valence-electron chi connectivity index (χ2n) is 9.47. The van der Waals surface area contributed by atoms with Gasteiger partial charge in [0.1, 0.15) is 5.82 Å². The van der Waals surface area contributed by atoms with Crippen molar-refractivity contribution in [3.05, 3.63) is 111 Å². The molecule has 5 heteroatoms. The average Bonchev–Trinajstić information content (AvgIpc) is 2.88. The SMILES string of the molecule is O=C(CCCc1nc2ccccc2c(=O)[nH]1)NCC1CC2c3ccccc3C1c1ccccc12. The molecule has 3 aromatic carbocycles. The summed E-state index contributed by atoms with van der Waals surface area (Å²) in [6.07, 6.45) is 2.71. The highest BCUT2D eigenvalue weighted by atomic mass is 16.1. The van der Waals surface area contributed by atoms with E-state index in [2.05, 4.69) is 63.8 Å². The zero-order valence-electron chi connectivity index (χ0n) is 19.0. The molecule has 0 radical (unpaired) electrons. The largest absolute Gasteiger partial charge is 0.356 e. The van der Waals surface area contributed by atoms with Gasteiger partial charge < -0.3 is 10.3 Å². The summed E-state index contributed by atoms with van der Waals surface area (Å²) >= 11 is 0. The van der Waals surface area contributed by atoms with Crippen LogP contribution in [0.5, 0.6) is 0 Å². The number of carbonyl (C=O) groups excluding carboxylic acids is 1. The highest BCUT2D eigenvalue weighted by Gasteiger charge is 2.42. The van der Waals surface area contributed by atoms with E-state index in [1.165, 1.54) is 22.3 Å². The molecule has 7 rings (SSSR count). The molecular weight excluding hydrogens is 422 g/mol. The lowest BCUT2D eigenvalue weighted by Gasteiger charge is -2.45. The van der Waals surface area contributed by atoms with Gasteiger partial charge >= 0.3 is 0 Å². The van der Waals surface area contributed by atoms with Gasteiger partial charge in [-0.2, -0.15) is 0 Å². The number of carbonyl (C=O) groups is 1. The lowest BCUT2D eigenvalue weighted by molar-refractivity contribution is -0.121. The Morgan fingerprint density at radius 1 is 0.912 bits per heavy atom. The molecule has 0 spiro atoms. The van der Waals surface area contributed by atoms with Gasteiger partial charge in [-0.05, 0) is 53.1 Å². The second-order valence-corrected chi connectivity index (χ2v) is 9.47. The summed E-state index contributed by atoms with van der Waals surface area (Å²) in [6.45, 7) is 0.688. The molecule has 1 unspecified atom stereocenters. The third-order valence-corrected chi connectivity index (χ3v) is 7.46. The van der Waals surface area contributed by atoms with E-state index in [1.54, 1.807) is 6.07 Å². The van der Waals surface area contributed by atoms with Crippen LogP contribution >= 0.6 is 0 Å². The van der Waals surface area contributed by atoms with Crippen molar-refractivity contribution in [2.75, 3.05) is 6.54 Å². The molecule has 1 amide bonds. The number of hydrogen-bond donors (Lipinski definition) is 2. The summed E-state index contributed by atoms with van der Waals surface area (Å²) in [5.41, 5.74) is 6.30. The fraction of sp³-hybridized carbons (Fsp3) is 0.276. The first-order valence-corrected chi connectivity index (χ1v) is 12.1. The van der Waals surface area contributed by atoms with Crippen LogP contribution in [0.2, 0.25) is 0 Å². The molecule has 1 atom stereocenters. The zero-order chi connectivity index (χ0) is 23.1. The molecule has 34 heavy (non-hydrogen) atoms. The topological polar surface area (TPSA) is 74.8 Å². The maximum absolute atomic E-state index is 12.6. The van der Waals surface area contributed by atoms with Crippen LogP contribution < -0.4 is 10.9 Å². The lowest BCUT2D eigenvalue weighted by atomic mass is 9.59. The summed E-state index contributed by atoms with van der Waals surface area (Å²) in [7, 11) is 0. The number of para-hydroxylation sites is 1. The molecule has 2 bridgehead atoms. The predicted molar refractivity (Wildman–Crippen MR) is 133 cm³/mol. The number of rotatable bonds is 6. The summed E-state index contributed by atoms with van der Waals surface area (Å²) < 4.78 is 0. The Bertz CT molecular complexity index is 1390. The summed E-state index contributed by atoms with van der Waals surface area (Å²) in [6, 6.07) is 24.9. The quantitative estimate of drug-likeness (QED) is 0.450. The van der Waals surface area contributed by atoms with Crippen molar-refractivity contribution in [3.8, 4) is 0 Å². The molecular formula is C29H27N3O2. The van der Waals surface area contributed by atoms with Gasteiger partial charge in [-0.3, -0.25) is 9.59 Å². The molecule has 2 N–H and O–H groups in total. The van der Waals surface area contributed by atoms with Gasteiger partial charge in [-0.15, -0.1) is 0 Å². The van der Waals surface area contributed by atoms with Crippen molar-refractivity contribution < 1.29 is 4.79 Å². The van der Waals surface area contributed by atoms with Gasteiger partial charge in [0.2, 0.25) is 5.91 Å². The maximum atomic E-state index is 12.6. The summed E-state index contributed by atoms with van der Waals surface area (Å²) in [5, 5.41) is 3.79.